The molecule has 0 saturated heterocycles. The van der Waals surface area contributed by atoms with Crippen molar-refractivity contribution >= 4 is 33.9 Å². The number of nitrogens with one attached hydrogen (secondary N) is 3. The third kappa shape index (κ3) is 3.79. The highest BCUT2D eigenvalue weighted by molar-refractivity contribution is 7.09. The number of thiophene rings is 1. The van der Waals surface area contributed by atoms with Crippen molar-refractivity contribution in [2.45, 2.75) is 13.3 Å². The quantitative estimate of drug-likeness (QED) is 0.291. The number of fused-ring (bicyclic) bond motifs is 1. The average molecular weight is 407 g/mol. The minimum absolute atomic E-state index is 0.197. The van der Waals surface area contributed by atoms with E-state index in [-0.39, 0.29) is 5.56 Å². The van der Waals surface area contributed by atoms with E-state index < -0.39 is 0 Å². The number of aliphatic imine (C=N–C) groups is 1. The highest BCUT2D eigenvalue weighted by Gasteiger charge is 2.16. The standard InChI is InChI=1S/C21H22N6OS/c1-12-10-13(19(22)23-2)11-16-18(12)27-20(26-16)17-15(6-8-25-21(17)28)24-7-5-14-4-3-9-29-14/h3-4,6,8-11H,5,7H2,1-2H3,(H2,22,23)(H,26,27)(H2,24,25,28). The predicted octanol–water partition coefficient (Wildman–Crippen LogP) is 3.28. The van der Waals surface area contributed by atoms with Crippen LogP contribution in [0.3, 0.4) is 0 Å². The number of aromatic nitrogens is 3. The molecule has 0 fully saturated rings. The van der Waals surface area contributed by atoms with Crippen LogP contribution in [0.5, 0.6) is 0 Å². The molecule has 0 bridgehead atoms. The molecule has 0 aliphatic carbocycles. The van der Waals surface area contributed by atoms with Gasteiger partial charge in [-0.2, -0.15) is 0 Å². The maximum absolute atomic E-state index is 12.6. The number of anilines is 1. The Labute approximate surface area is 171 Å². The van der Waals surface area contributed by atoms with Gasteiger partial charge in [-0.05, 0) is 48.6 Å². The van der Waals surface area contributed by atoms with Crippen molar-refractivity contribution in [3.05, 3.63) is 68.3 Å². The van der Waals surface area contributed by atoms with E-state index in [2.05, 4.69) is 31.7 Å². The normalized spacial score (nSPS) is 11.9. The first-order valence-electron chi connectivity index (χ1n) is 9.28. The Kier molecular flexibility index (Phi) is 5.18. The minimum atomic E-state index is -0.197. The zero-order valence-electron chi connectivity index (χ0n) is 16.2. The van der Waals surface area contributed by atoms with Crippen LogP contribution in [0.15, 0.2) is 51.7 Å². The van der Waals surface area contributed by atoms with Crippen molar-refractivity contribution in [1.82, 2.24) is 15.0 Å². The molecule has 4 rings (SSSR count). The van der Waals surface area contributed by atoms with Crippen molar-refractivity contribution in [2.75, 3.05) is 18.9 Å². The van der Waals surface area contributed by atoms with E-state index in [4.69, 9.17) is 10.7 Å². The first-order valence-corrected chi connectivity index (χ1v) is 10.2. The van der Waals surface area contributed by atoms with E-state index >= 15 is 0 Å². The molecule has 3 aromatic heterocycles. The van der Waals surface area contributed by atoms with Gasteiger partial charge in [0.2, 0.25) is 0 Å². The monoisotopic (exact) mass is 406 g/mol. The third-order valence-electron chi connectivity index (χ3n) is 4.78. The number of imidazole rings is 1. The van der Waals surface area contributed by atoms with Crippen LogP contribution in [0.1, 0.15) is 16.0 Å². The molecule has 4 aromatic rings. The van der Waals surface area contributed by atoms with Gasteiger partial charge in [0.25, 0.3) is 5.56 Å². The highest BCUT2D eigenvalue weighted by atomic mass is 32.1. The van der Waals surface area contributed by atoms with Gasteiger partial charge in [0, 0.05) is 30.2 Å². The number of pyridine rings is 1. The topological polar surface area (TPSA) is 112 Å². The molecule has 29 heavy (non-hydrogen) atoms. The molecule has 0 saturated carbocycles. The smallest absolute Gasteiger partial charge is 0.261 e. The van der Waals surface area contributed by atoms with Crippen LogP contribution in [0, 0.1) is 6.92 Å². The first kappa shape index (κ1) is 18.9. The fourth-order valence-electron chi connectivity index (χ4n) is 3.32. The molecule has 0 amide bonds. The Bertz CT molecular complexity index is 1240. The van der Waals surface area contributed by atoms with Crippen LogP contribution in [0.25, 0.3) is 22.4 Å². The maximum Gasteiger partial charge on any atom is 0.261 e. The van der Waals surface area contributed by atoms with Crippen LogP contribution in [-0.4, -0.2) is 34.4 Å². The molecule has 148 valence electrons. The van der Waals surface area contributed by atoms with Gasteiger partial charge in [-0.1, -0.05) is 6.07 Å². The minimum Gasteiger partial charge on any atom is -0.384 e. The number of hydrogen-bond acceptors (Lipinski definition) is 5. The van der Waals surface area contributed by atoms with E-state index in [9.17, 15) is 4.79 Å². The summed E-state index contributed by atoms with van der Waals surface area (Å²) in [4.78, 5) is 28.7. The van der Waals surface area contributed by atoms with Crippen molar-refractivity contribution in [3.8, 4) is 11.4 Å². The fraction of sp³-hybridized carbons (Fsp3) is 0.190. The fourth-order valence-corrected chi connectivity index (χ4v) is 4.03. The highest BCUT2D eigenvalue weighted by Crippen LogP contribution is 2.26. The largest absolute Gasteiger partial charge is 0.384 e. The molecule has 0 spiro atoms. The van der Waals surface area contributed by atoms with Crippen LogP contribution in [0.4, 0.5) is 5.69 Å². The summed E-state index contributed by atoms with van der Waals surface area (Å²) in [7, 11) is 1.66. The Morgan fingerprint density at radius 1 is 1.34 bits per heavy atom. The van der Waals surface area contributed by atoms with Crippen molar-refractivity contribution in [3.63, 3.8) is 0 Å². The molecule has 5 N–H and O–H groups in total. The summed E-state index contributed by atoms with van der Waals surface area (Å²) < 4.78 is 0. The van der Waals surface area contributed by atoms with Gasteiger partial charge in [-0.25, -0.2) is 4.98 Å². The van der Waals surface area contributed by atoms with Gasteiger partial charge in [-0.15, -0.1) is 11.3 Å². The number of H-pyrrole nitrogens is 2. The summed E-state index contributed by atoms with van der Waals surface area (Å²) in [6.45, 7) is 2.69. The van der Waals surface area contributed by atoms with Gasteiger partial charge in [0.15, 0.2) is 0 Å². The van der Waals surface area contributed by atoms with Gasteiger partial charge in [0.1, 0.15) is 17.2 Å². The van der Waals surface area contributed by atoms with E-state index in [1.54, 1.807) is 24.6 Å². The molecular formula is C21H22N6OS. The SMILES string of the molecule is CN=C(N)c1cc(C)c2nc(-c3c(NCCc4cccs4)cc[nH]c3=O)[nH]c2c1. The Morgan fingerprint density at radius 3 is 2.97 bits per heavy atom. The van der Waals surface area contributed by atoms with E-state index in [1.807, 2.05) is 31.2 Å². The molecule has 0 radical (unpaired) electrons. The number of benzene rings is 1. The lowest BCUT2D eigenvalue weighted by molar-refractivity contribution is 1.04. The van der Waals surface area contributed by atoms with E-state index in [0.717, 1.165) is 40.8 Å². The number of nitrogens with two attached hydrogens (primary N) is 1. The first-order chi connectivity index (χ1) is 14.1. The number of hydrogen-bond donors (Lipinski definition) is 4. The van der Waals surface area contributed by atoms with Crippen molar-refractivity contribution < 1.29 is 0 Å². The summed E-state index contributed by atoms with van der Waals surface area (Å²) >= 11 is 1.73. The molecule has 7 nitrogen and oxygen atoms in total. The second-order valence-corrected chi connectivity index (χ2v) is 7.77. The molecular weight excluding hydrogens is 384 g/mol. The maximum atomic E-state index is 12.6. The summed E-state index contributed by atoms with van der Waals surface area (Å²) in [6, 6.07) is 9.86. The molecule has 3 heterocycles. The lowest BCUT2D eigenvalue weighted by atomic mass is 10.1. The van der Waals surface area contributed by atoms with Crippen molar-refractivity contribution in [2.24, 2.45) is 10.7 Å². The predicted molar refractivity (Wildman–Crippen MR) is 120 cm³/mol. The second-order valence-electron chi connectivity index (χ2n) is 6.74. The summed E-state index contributed by atoms with van der Waals surface area (Å²) in [6.07, 6.45) is 2.53. The zero-order chi connectivity index (χ0) is 20.4. The van der Waals surface area contributed by atoms with Crippen LogP contribution in [0.2, 0.25) is 0 Å². The third-order valence-corrected chi connectivity index (χ3v) is 5.71. The number of aromatic amines is 2. The molecule has 1 aromatic carbocycles. The summed E-state index contributed by atoms with van der Waals surface area (Å²) in [5.74, 6) is 0.979. The van der Waals surface area contributed by atoms with Crippen LogP contribution >= 0.6 is 11.3 Å². The van der Waals surface area contributed by atoms with Gasteiger partial charge in [0.05, 0.1) is 16.7 Å². The average Bonchev–Trinajstić information content (AvgIpc) is 3.37. The number of amidine groups is 1. The van der Waals surface area contributed by atoms with Crippen LogP contribution in [-0.2, 0) is 6.42 Å². The van der Waals surface area contributed by atoms with Gasteiger partial charge in [-0.3, -0.25) is 9.79 Å². The summed E-state index contributed by atoms with van der Waals surface area (Å²) in [5.41, 5.74) is 10.4. The van der Waals surface area contributed by atoms with E-state index in [0.29, 0.717) is 17.2 Å². The number of aryl methyl sites for hydroxylation is 1. The Hall–Kier alpha value is -3.39. The Balaban J connectivity index is 1.71. The molecule has 0 aliphatic heterocycles. The Morgan fingerprint density at radius 2 is 2.21 bits per heavy atom. The van der Waals surface area contributed by atoms with E-state index in [1.165, 1.54) is 4.88 Å². The van der Waals surface area contributed by atoms with Gasteiger partial charge < -0.3 is 21.0 Å². The molecule has 0 atom stereocenters. The lowest BCUT2D eigenvalue weighted by Gasteiger charge is -2.09. The van der Waals surface area contributed by atoms with Gasteiger partial charge >= 0.3 is 0 Å². The van der Waals surface area contributed by atoms with Crippen LogP contribution < -0.4 is 16.6 Å². The molecule has 0 aliphatic rings. The number of nitrogens with zero attached hydrogens (tertiary/aromatic N) is 2. The molecule has 0 unspecified atom stereocenters. The lowest BCUT2D eigenvalue weighted by Crippen LogP contribution is -2.14. The second kappa shape index (κ2) is 7.92. The zero-order valence-corrected chi connectivity index (χ0v) is 17.1. The number of rotatable bonds is 6. The molecule has 8 heteroatoms. The van der Waals surface area contributed by atoms with Crippen molar-refractivity contribution in [1.29, 1.82) is 0 Å². The summed E-state index contributed by atoms with van der Waals surface area (Å²) in [5, 5.41) is 5.44.